The average Bonchev–Trinajstić information content (AvgIpc) is 3.39. The van der Waals surface area contributed by atoms with Gasteiger partial charge in [0.15, 0.2) is 0 Å². The second-order valence-corrected chi connectivity index (χ2v) is 4.30. The van der Waals surface area contributed by atoms with Crippen LogP contribution < -0.4 is 40.2 Å². The number of aliphatic carboxylic acids is 1. The van der Waals surface area contributed by atoms with Crippen LogP contribution in [0.2, 0.25) is 0 Å². The maximum Gasteiger partial charge on any atom is 1.00 e. The molecule has 0 spiro atoms. The van der Waals surface area contributed by atoms with Crippen LogP contribution in [0.25, 0.3) is 0 Å². The van der Waals surface area contributed by atoms with E-state index < -0.39 is 82.9 Å². The topological polar surface area (TPSA) is 211 Å². The largest absolute Gasteiger partial charge is 1.00 e. The molecule has 0 radical (unpaired) electrons. The van der Waals surface area contributed by atoms with E-state index >= 15 is 0 Å². The third-order valence-corrected chi connectivity index (χ3v) is 2.10. The molecule has 0 aliphatic carbocycles. The Morgan fingerprint density at radius 3 is 1.29 bits per heavy atom. The summed E-state index contributed by atoms with van der Waals surface area (Å²) in [4.78, 5) is 37.2. The molecular formula is C22H57ClN7NaO7. The van der Waals surface area contributed by atoms with Gasteiger partial charge in [0.25, 0.3) is 5.97 Å². The molecule has 4 saturated heterocycles. The average molecular weight is 614 g/mol. The van der Waals surface area contributed by atoms with Crippen molar-refractivity contribution in [3.63, 3.8) is 0 Å². The van der Waals surface area contributed by atoms with Crippen molar-refractivity contribution in [2.75, 3.05) is 52.2 Å². The number of rotatable bonds is 2. The van der Waals surface area contributed by atoms with Crippen molar-refractivity contribution in [1.82, 2.24) is 20.7 Å². The van der Waals surface area contributed by atoms with Crippen molar-refractivity contribution in [1.29, 1.82) is 0 Å². The number of carboxylic acids is 1. The fourth-order valence-corrected chi connectivity index (χ4v) is 1.11. The van der Waals surface area contributed by atoms with Gasteiger partial charge in [0, 0.05) is 60.4 Å². The smallest absolute Gasteiger partial charge is 0.481 e. The molecule has 4 rings (SSSR count). The molecule has 0 aromatic carbocycles. The minimum atomic E-state index is -3.18. The van der Waals surface area contributed by atoms with E-state index in [1.165, 1.54) is 0 Å². The van der Waals surface area contributed by atoms with Crippen LogP contribution in [0.15, 0.2) is 15.9 Å². The first-order valence-electron chi connectivity index (χ1n) is 19.8. The molecule has 0 aromatic heterocycles. The van der Waals surface area contributed by atoms with Crippen molar-refractivity contribution < 1.29 is 77.8 Å². The van der Waals surface area contributed by atoms with Gasteiger partial charge in [-0.25, -0.2) is 0 Å². The van der Waals surface area contributed by atoms with Crippen molar-refractivity contribution in [2.45, 2.75) is 87.6 Å². The van der Waals surface area contributed by atoms with Gasteiger partial charge in [-0.15, -0.1) is 27.6 Å². The summed E-state index contributed by atoms with van der Waals surface area (Å²) in [6, 6.07) is 0. The number of halogens is 1. The van der Waals surface area contributed by atoms with Gasteiger partial charge in [-0.3, -0.25) is 14.8 Å². The van der Waals surface area contributed by atoms with Crippen molar-refractivity contribution >= 4 is 18.4 Å². The van der Waals surface area contributed by atoms with Crippen LogP contribution in [0.5, 0.6) is 0 Å². The van der Waals surface area contributed by atoms with Gasteiger partial charge in [-0.2, -0.15) is 0 Å². The van der Waals surface area contributed by atoms with Gasteiger partial charge in [0.2, 0.25) is 0 Å². The number of carboxylic acid groups (broad SMARTS) is 1. The number of hydrogen-bond donors (Lipinski definition) is 3. The number of nitroso groups, excluding NO2 is 2. The second-order valence-electron chi connectivity index (χ2n) is 4.30. The molecule has 0 saturated carbocycles. The van der Waals surface area contributed by atoms with Crippen LogP contribution in [0.4, 0.5) is 0 Å². The normalized spacial score (nSPS) is 40.0. The molecular weight excluding hydrogens is 533 g/mol. The maximum absolute atomic E-state index is 10.3. The van der Waals surface area contributed by atoms with Crippen molar-refractivity contribution in [3.8, 4) is 0 Å². The summed E-state index contributed by atoms with van der Waals surface area (Å²) in [7, 11) is 0. The molecule has 0 atom stereocenters. The molecule has 0 amide bonds. The van der Waals surface area contributed by atoms with E-state index in [0.717, 1.165) is 17.3 Å². The predicted molar refractivity (Wildman–Crippen MR) is 158 cm³/mol. The molecule has 4 aliphatic heterocycles. The third kappa shape index (κ3) is 55.4. The SMILES string of the molecule is C.C.C.C.CC(=O)O.Cl.O.O=N[O-].[2H]C1([2H])CN(N=O)CC1([2H])[2H].[2H]C1([2H])CNCC1([2H])[2H].[2H]C1([2H])N(N=O)C([2H])([2H])C([2H])([2H])C1([2H])[2H].[2H]C1([2H])NC([2H])([2H])C([2H])([2H])C1([2H])[2H].[Na+]. The van der Waals surface area contributed by atoms with Crippen LogP contribution in [-0.2, 0) is 4.79 Å². The summed E-state index contributed by atoms with van der Waals surface area (Å²) in [6.45, 7) is -10.9. The first kappa shape index (κ1) is 17.6. The monoisotopic (exact) mass is 614 g/mol. The molecule has 14 nitrogen and oxygen atoms in total. The van der Waals surface area contributed by atoms with Gasteiger partial charge < -0.3 is 31.3 Å². The Morgan fingerprint density at radius 1 is 0.789 bits per heavy atom. The van der Waals surface area contributed by atoms with Crippen LogP contribution in [-0.4, -0.2) is 78.7 Å². The maximum atomic E-state index is 10.3. The molecule has 230 valence electrons. The molecule has 4 fully saturated rings. The first-order valence-corrected chi connectivity index (χ1v) is 7.76. The Morgan fingerprint density at radius 2 is 1.13 bits per heavy atom. The van der Waals surface area contributed by atoms with E-state index in [1.807, 2.05) is 5.29 Å². The van der Waals surface area contributed by atoms with Crippen molar-refractivity contribution in [3.05, 3.63) is 19.9 Å². The van der Waals surface area contributed by atoms with E-state index in [4.69, 9.17) is 52.9 Å². The fourth-order valence-electron chi connectivity index (χ4n) is 1.11. The van der Waals surface area contributed by atoms with Crippen molar-refractivity contribution in [2.24, 2.45) is 15.9 Å². The quantitative estimate of drug-likeness (QED) is 0.233. The van der Waals surface area contributed by atoms with Gasteiger partial charge in [-0.1, -0.05) is 29.7 Å². The van der Waals surface area contributed by atoms with E-state index in [9.17, 15) is 9.81 Å². The molecule has 38 heavy (non-hydrogen) atoms. The summed E-state index contributed by atoms with van der Waals surface area (Å²) in [5.41, 5.74) is 0. The first-order chi connectivity index (χ1) is 23.9. The Balaban J connectivity index is -0.0000000799. The summed E-state index contributed by atoms with van der Waals surface area (Å²) in [5, 5.41) is 25.8. The van der Waals surface area contributed by atoms with E-state index in [0.29, 0.717) is 0 Å². The zero-order valence-electron chi connectivity index (χ0n) is 42.0. The van der Waals surface area contributed by atoms with Gasteiger partial charge >= 0.3 is 29.6 Å². The number of hydrogen-bond acceptors (Lipinski definition) is 10. The van der Waals surface area contributed by atoms with Gasteiger partial charge in [0.1, 0.15) is 0 Å². The van der Waals surface area contributed by atoms with Gasteiger partial charge in [-0.05, 0) is 77.1 Å². The number of nitrogens with one attached hydrogen (secondary N) is 2. The molecule has 5 N–H and O–H groups in total. The van der Waals surface area contributed by atoms with Gasteiger partial charge in [0.05, 0.1) is 16.1 Å². The molecule has 0 bridgehead atoms. The Labute approximate surface area is 293 Å². The Hall–Kier alpha value is -1.16. The zero-order chi connectivity index (χ0) is 45.1. The van der Waals surface area contributed by atoms with Crippen LogP contribution >= 0.6 is 12.4 Å². The third-order valence-electron chi connectivity index (χ3n) is 2.10. The minimum absolute atomic E-state index is 0. The predicted octanol–water partition coefficient (Wildman–Crippen LogP) is 1.75. The summed E-state index contributed by atoms with van der Waals surface area (Å²) in [6.07, 6.45) is -19.5. The minimum Gasteiger partial charge on any atom is -0.481 e. The summed E-state index contributed by atoms with van der Waals surface area (Å²) < 4.78 is 172. The standard InChI is InChI=1S/2C4H8N2O.2C4H9N.C2H4O2.4CH4.ClH.HNO2.Na.H2O/c2*7-5-6-3-1-2-4-6;2*1-2-4-5-3-1;1-2(3)4;;;;;;2-1-3;;/h2*1-4H2;2*5H,1-4H2;1H3,(H,3,4);4*1H4;1H;(H,2,3);;1H2/q;;;;;;;;;;;+1;/p-1/i1D2,2D2,3D2,4D2;1D2,2D2;1D2,2D2,3D2,4D2;1D2,2D2;;;;;;;;;. The molecule has 4 heterocycles. The number of nitrogens with zero attached hydrogens (tertiary/aromatic N) is 5. The Bertz CT molecular complexity index is 1290. The fraction of sp³-hybridized carbons (Fsp3) is 0.955. The molecule has 16 heteroatoms. The number of carbonyl (C=O) groups is 1. The van der Waals surface area contributed by atoms with E-state index in [-0.39, 0.29) is 108 Å². The van der Waals surface area contributed by atoms with Crippen LogP contribution in [0.1, 0.15) is 121 Å². The van der Waals surface area contributed by atoms with E-state index in [1.54, 1.807) is 5.32 Å². The van der Waals surface area contributed by atoms with E-state index in [2.05, 4.69) is 10.6 Å². The zero-order valence-corrected chi connectivity index (χ0v) is 20.8. The molecule has 0 unspecified atom stereocenters. The molecule has 0 aromatic rings. The molecule has 4 aliphatic rings. The summed E-state index contributed by atoms with van der Waals surface area (Å²) >= 11 is 0. The van der Waals surface area contributed by atoms with Crippen LogP contribution in [0.3, 0.4) is 0 Å². The van der Waals surface area contributed by atoms with Crippen LogP contribution in [0, 0.1) is 19.9 Å². The summed E-state index contributed by atoms with van der Waals surface area (Å²) in [5.74, 6) is -0.833. The second kappa shape index (κ2) is 52.3. The Kier molecular flexibility index (Phi) is 24.2.